The van der Waals surface area contributed by atoms with Crippen molar-refractivity contribution in [1.29, 1.82) is 0 Å². The van der Waals surface area contributed by atoms with Gasteiger partial charge in [-0.25, -0.2) is 0 Å². The third-order valence-corrected chi connectivity index (χ3v) is 4.73. The highest BCUT2D eigenvalue weighted by atomic mass is 16.5. The molecule has 2 nitrogen and oxygen atoms in total. The average molecular weight is 266 g/mol. The van der Waals surface area contributed by atoms with Gasteiger partial charge < -0.3 is 4.74 Å². The zero-order chi connectivity index (χ0) is 14.8. The van der Waals surface area contributed by atoms with Crippen molar-refractivity contribution in [3.63, 3.8) is 0 Å². The Balaban J connectivity index is 2.58. The Morgan fingerprint density at radius 3 is 2.42 bits per heavy atom. The number of ether oxygens (including phenoxy) is 1. The van der Waals surface area contributed by atoms with E-state index in [2.05, 4.69) is 27.4 Å². The second-order valence-electron chi connectivity index (χ2n) is 7.70. The molecule has 0 aromatic rings. The Labute approximate surface area is 118 Å². The van der Waals surface area contributed by atoms with Crippen molar-refractivity contribution in [3.05, 3.63) is 12.2 Å². The van der Waals surface area contributed by atoms with Crippen LogP contribution in [0, 0.1) is 22.7 Å². The summed E-state index contributed by atoms with van der Waals surface area (Å²) in [5, 5.41) is 0. The molecule has 1 fully saturated rings. The Kier molecular flexibility index (Phi) is 4.86. The maximum atomic E-state index is 11.9. The molecule has 1 aliphatic rings. The van der Waals surface area contributed by atoms with E-state index in [-0.39, 0.29) is 11.4 Å². The molecule has 0 radical (unpaired) electrons. The lowest BCUT2D eigenvalue weighted by atomic mass is 9.64. The molecule has 2 heteroatoms. The van der Waals surface area contributed by atoms with Crippen LogP contribution in [0.3, 0.4) is 0 Å². The summed E-state index contributed by atoms with van der Waals surface area (Å²) >= 11 is 0. The zero-order valence-corrected chi connectivity index (χ0v) is 13.5. The van der Waals surface area contributed by atoms with Crippen molar-refractivity contribution in [3.8, 4) is 0 Å². The summed E-state index contributed by atoms with van der Waals surface area (Å²) < 4.78 is 5.55. The molecule has 1 saturated carbocycles. The molecule has 0 aromatic carbocycles. The Morgan fingerprint density at radius 2 is 2.00 bits per heavy atom. The van der Waals surface area contributed by atoms with Gasteiger partial charge in [0, 0.05) is 5.41 Å². The summed E-state index contributed by atoms with van der Waals surface area (Å²) in [5.41, 5.74) is 1.00. The van der Waals surface area contributed by atoms with Crippen LogP contribution in [0.2, 0.25) is 0 Å². The van der Waals surface area contributed by atoms with Crippen LogP contribution >= 0.6 is 0 Å². The van der Waals surface area contributed by atoms with Crippen LogP contribution in [-0.2, 0) is 9.53 Å². The fourth-order valence-corrected chi connectivity index (χ4v) is 2.69. The lowest BCUT2D eigenvalue weighted by molar-refractivity contribution is -0.158. The van der Waals surface area contributed by atoms with Crippen LogP contribution in [0.1, 0.15) is 60.8 Å². The van der Waals surface area contributed by atoms with Crippen LogP contribution < -0.4 is 0 Å². The zero-order valence-electron chi connectivity index (χ0n) is 13.5. The molecule has 1 rings (SSSR count). The highest BCUT2D eigenvalue weighted by molar-refractivity contribution is 5.75. The molecule has 110 valence electrons. The van der Waals surface area contributed by atoms with Crippen molar-refractivity contribution in [2.24, 2.45) is 22.7 Å². The maximum Gasteiger partial charge on any atom is 0.311 e. The number of rotatable bonds is 3. The van der Waals surface area contributed by atoms with Crippen LogP contribution in [0.25, 0.3) is 0 Å². The molecule has 0 spiro atoms. The molecular formula is C17H30O2. The van der Waals surface area contributed by atoms with E-state index in [1.54, 1.807) is 0 Å². The van der Waals surface area contributed by atoms with E-state index < -0.39 is 5.41 Å². The van der Waals surface area contributed by atoms with Gasteiger partial charge in [0.1, 0.15) is 0 Å². The smallest absolute Gasteiger partial charge is 0.311 e. The maximum absolute atomic E-state index is 11.9. The highest BCUT2D eigenvalue weighted by Crippen LogP contribution is 2.45. The van der Waals surface area contributed by atoms with Crippen LogP contribution in [-0.4, -0.2) is 12.6 Å². The predicted octanol–water partition coefficient (Wildman–Crippen LogP) is 4.59. The van der Waals surface area contributed by atoms with E-state index >= 15 is 0 Å². The number of allylic oxidation sites excluding steroid dienone is 1. The van der Waals surface area contributed by atoms with Crippen molar-refractivity contribution in [1.82, 2.24) is 0 Å². The first-order valence-corrected chi connectivity index (χ1v) is 7.39. The molecule has 19 heavy (non-hydrogen) atoms. The largest absolute Gasteiger partial charge is 0.465 e. The summed E-state index contributed by atoms with van der Waals surface area (Å²) in [4.78, 5) is 11.9. The van der Waals surface area contributed by atoms with Crippen LogP contribution in [0.5, 0.6) is 0 Å². The minimum Gasteiger partial charge on any atom is -0.465 e. The number of carbonyl (C=O) groups is 1. The van der Waals surface area contributed by atoms with E-state index in [0.717, 1.165) is 6.42 Å². The third kappa shape index (κ3) is 4.09. The van der Waals surface area contributed by atoms with Gasteiger partial charge in [-0.15, -0.1) is 0 Å². The molecule has 0 unspecified atom stereocenters. The van der Waals surface area contributed by atoms with Crippen molar-refractivity contribution in [2.45, 2.75) is 60.8 Å². The number of hydrogen-bond acceptors (Lipinski definition) is 2. The monoisotopic (exact) mass is 266 g/mol. The van der Waals surface area contributed by atoms with E-state index in [1.165, 1.54) is 18.4 Å². The standard InChI is InChI=1S/C17H30O2/c1-12(2)14-8-9-17(7,13(3)10-14)11-19-15(18)16(4,5)6/h13-14H,1,8-11H2,2-7H3/t13-,14-,17-/m0/s1. The molecule has 0 aliphatic heterocycles. The highest BCUT2D eigenvalue weighted by Gasteiger charge is 2.39. The predicted molar refractivity (Wildman–Crippen MR) is 79.8 cm³/mol. The lowest BCUT2D eigenvalue weighted by Crippen LogP contribution is -2.38. The normalized spacial score (nSPS) is 31.9. The second-order valence-corrected chi connectivity index (χ2v) is 7.70. The molecule has 0 saturated heterocycles. The topological polar surface area (TPSA) is 26.3 Å². The average Bonchev–Trinajstić information content (AvgIpc) is 2.28. The Bertz CT molecular complexity index is 351. The van der Waals surface area contributed by atoms with Crippen molar-refractivity contribution < 1.29 is 9.53 Å². The van der Waals surface area contributed by atoms with Gasteiger partial charge in [-0.3, -0.25) is 4.79 Å². The van der Waals surface area contributed by atoms with Gasteiger partial charge in [-0.05, 0) is 58.8 Å². The lowest BCUT2D eigenvalue weighted by Gasteiger charge is -2.43. The van der Waals surface area contributed by atoms with Gasteiger partial charge in [-0.2, -0.15) is 0 Å². The number of carbonyl (C=O) groups excluding carboxylic acids is 1. The van der Waals surface area contributed by atoms with Crippen molar-refractivity contribution in [2.75, 3.05) is 6.61 Å². The summed E-state index contributed by atoms with van der Waals surface area (Å²) in [6.07, 6.45) is 3.45. The van der Waals surface area contributed by atoms with Crippen molar-refractivity contribution >= 4 is 5.97 Å². The van der Waals surface area contributed by atoms with Gasteiger partial charge in [0.05, 0.1) is 12.0 Å². The summed E-state index contributed by atoms with van der Waals surface area (Å²) in [7, 11) is 0. The third-order valence-electron chi connectivity index (χ3n) is 4.73. The Morgan fingerprint density at radius 1 is 1.42 bits per heavy atom. The van der Waals surface area contributed by atoms with E-state index in [4.69, 9.17) is 4.74 Å². The summed E-state index contributed by atoms with van der Waals surface area (Å²) in [5.74, 6) is 1.11. The molecule has 0 N–H and O–H groups in total. The molecule has 1 aliphatic carbocycles. The molecule has 0 bridgehead atoms. The van der Waals surface area contributed by atoms with E-state index in [9.17, 15) is 4.79 Å². The first-order chi connectivity index (χ1) is 8.56. The minimum atomic E-state index is -0.408. The molecule has 0 heterocycles. The number of esters is 1. The van der Waals surface area contributed by atoms with E-state index in [0.29, 0.717) is 18.4 Å². The fraction of sp³-hybridized carbons (Fsp3) is 0.824. The molecule has 0 aromatic heterocycles. The summed E-state index contributed by atoms with van der Waals surface area (Å²) in [6.45, 7) is 17.0. The van der Waals surface area contributed by atoms with Gasteiger partial charge in [-0.1, -0.05) is 26.0 Å². The quantitative estimate of drug-likeness (QED) is 0.551. The first-order valence-electron chi connectivity index (χ1n) is 7.39. The Hall–Kier alpha value is -0.790. The molecule has 3 atom stereocenters. The van der Waals surface area contributed by atoms with Gasteiger partial charge >= 0.3 is 5.97 Å². The van der Waals surface area contributed by atoms with E-state index in [1.807, 2.05) is 20.8 Å². The minimum absolute atomic E-state index is 0.0945. The van der Waals surface area contributed by atoms with Crippen LogP contribution in [0.4, 0.5) is 0 Å². The first kappa shape index (κ1) is 16.3. The second kappa shape index (κ2) is 5.68. The van der Waals surface area contributed by atoms with Gasteiger partial charge in [0.25, 0.3) is 0 Å². The summed E-state index contributed by atoms with van der Waals surface area (Å²) in [6, 6.07) is 0. The molecule has 0 amide bonds. The SMILES string of the molecule is C=C(C)[C@H]1CC[C@@](C)(COC(=O)C(C)(C)C)[C@@H](C)C1. The van der Waals surface area contributed by atoms with Gasteiger partial charge in [0.15, 0.2) is 0 Å². The molecular weight excluding hydrogens is 236 g/mol. The number of hydrogen-bond donors (Lipinski definition) is 0. The fourth-order valence-electron chi connectivity index (χ4n) is 2.69. The van der Waals surface area contributed by atoms with Crippen LogP contribution in [0.15, 0.2) is 12.2 Å². The van der Waals surface area contributed by atoms with Gasteiger partial charge in [0.2, 0.25) is 0 Å².